The Bertz CT molecular complexity index is 738. The number of benzene rings is 1. The molecular formula is C22H28O2S. The third-order valence-electron chi connectivity index (χ3n) is 5.79. The first-order valence-electron chi connectivity index (χ1n) is 9.03. The van der Waals surface area contributed by atoms with Crippen molar-refractivity contribution in [2.75, 3.05) is 0 Å². The Balaban J connectivity index is 1.83. The molecule has 0 heterocycles. The van der Waals surface area contributed by atoms with Gasteiger partial charge in [-0.3, -0.25) is 0 Å². The molecular weight excluding hydrogens is 328 g/mol. The Morgan fingerprint density at radius 2 is 1.52 bits per heavy atom. The van der Waals surface area contributed by atoms with Crippen molar-refractivity contribution in [2.45, 2.75) is 57.6 Å². The van der Waals surface area contributed by atoms with E-state index in [1.165, 1.54) is 0 Å². The van der Waals surface area contributed by atoms with E-state index in [1.54, 1.807) is 23.3 Å². The Hall–Kier alpha value is -1.48. The molecule has 1 aromatic rings. The van der Waals surface area contributed by atoms with Crippen LogP contribution < -0.4 is 0 Å². The van der Waals surface area contributed by atoms with Crippen LogP contribution in [0.3, 0.4) is 0 Å². The number of carbonyl (C=O) groups is 1. The second-order valence-corrected chi connectivity index (χ2v) is 9.92. The Morgan fingerprint density at radius 3 is 2.04 bits per heavy atom. The van der Waals surface area contributed by atoms with Gasteiger partial charge in [0.1, 0.15) is 0 Å². The molecule has 2 atom stereocenters. The first-order valence-corrected chi connectivity index (χ1v) is 9.91. The molecule has 0 saturated carbocycles. The Kier molecular flexibility index (Phi) is 4.65. The molecule has 0 amide bonds. The lowest BCUT2D eigenvalue weighted by Crippen LogP contribution is -2.34. The van der Waals surface area contributed by atoms with Gasteiger partial charge in [-0.05, 0) is 43.0 Å². The van der Waals surface area contributed by atoms with Gasteiger partial charge in [-0.1, -0.05) is 57.9 Å². The van der Waals surface area contributed by atoms with Crippen molar-refractivity contribution < 1.29 is 9.90 Å². The van der Waals surface area contributed by atoms with E-state index in [2.05, 4.69) is 46.8 Å². The summed E-state index contributed by atoms with van der Waals surface area (Å²) in [6, 6.07) is 7.31. The Labute approximate surface area is 155 Å². The van der Waals surface area contributed by atoms with E-state index in [4.69, 9.17) is 5.11 Å². The first kappa shape index (κ1) is 18.3. The molecule has 0 radical (unpaired) electrons. The zero-order chi connectivity index (χ0) is 18.4. The van der Waals surface area contributed by atoms with E-state index in [9.17, 15) is 4.79 Å². The fraction of sp³-hybridized carbons (Fsp3) is 0.500. The average Bonchev–Trinajstić information content (AvgIpc) is 2.54. The minimum atomic E-state index is -0.865. The van der Waals surface area contributed by atoms with Crippen molar-refractivity contribution in [3.05, 3.63) is 53.1 Å². The van der Waals surface area contributed by atoms with Crippen LogP contribution in [0.2, 0.25) is 0 Å². The molecule has 2 aliphatic rings. The molecule has 2 unspecified atom stereocenters. The van der Waals surface area contributed by atoms with Gasteiger partial charge in [0.05, 0.1) is 5.56 Å². The number of hydrogen-bond donors (Lipinski definition) is 1. The van der Waals surface area contributed by atoms with Crippen LogP contribution in [0.1, 0.15) is 57.8 Å². The number of carboxylic acid groups (broad SMARTS) is 1. The number of aromatic carboxylic acids is 1. The van der Waals surface area contributed by atoms with Crippen LogP contribution in [0.4, 0.5) is 0 Å². The maximum absolute atomic E-state index is 11.0. The highest BCUT2D eigenvalue weighted by atomic mass is 32.2. The average molecular weight is 357 g/mol. The molecule has 3 heteroatoms. The summed E-state index contributed by atoms with van der Waals surface area (Å²) in [6.07, 6.45) is 7.03. The predicted molar refractivity (Wildman–Crippen MR) is 105 cm³/mol. The third-order valence-corrected chi connectivity index (χ3v) is 7.27. The van der Waals surface area contributed by atoms with Crippen LogP contribution in [0.15, 0.2) is 52.5 Å². The molecule has 134 valence electrons. The second-order valence-electron chi connectivity index (χ2n) is 8.61. The SMILES string of the molecule is CC1CC2=C(CC1Sc1ccc(C(=O)O)cc1)C(C)(C)C=CC2(C)C. The van der Waals surface area contributed by atoms with Crippen molar-refractivity contribution in [1.29, 1.82) is 0 Å². The molecule has 1 aromatic carbocycles. The van der Waals surface area contributed by atoms with Gasteiger partial charge in [0.15, 0.2) is 0 Å². The fourth-order valence-electron chi connectivity index (χ4n) is 4.03. The summed E-state index contributed by atoms with van der Waals surface area (Å²) >= 11 is 1.90. The number of allylic oxidation sites excluding steroid dienone is 4. The largest absolute Gasteiger partial charge is 0.478 e. The van der Waals surface area contributed by atoms with Gasteiger partial charge in [0.2, 0.25) is 0 Å². The molecule has 25 heavy (non-hydrogen) atoms. The van der Waals surface area contributed by atoms with Gasteiger partial charge in [0, 0.05) is 21.0 Å². The minimum Gasteiger partial charge on any atom is -0.478 e. The molecule has 2 nitrogen and oxygen atoms in total. The molecule has 2 aliphatic carbocycles. The fourth-order valence-corrected chi connectivity index (χ4v) is 5.25. The summed E-state index contributed by atoms with van der Waals surface area (Å²) in [4.78, 5) is 12.2. The summed E-state index contributed by atoms with van der Waals surface area (Å²) in [5.41, 5.74) is 3.89. The van der Waals surface area contributed by atoms with Crippen molar-refractivity contribution >= 4 is 17.7 Å². The highest BCUT2D eigenvalue weighted by molar-refractivity contribution is 8.00. The van der Waals surface area contributed by atoms with Crippen LogP contribution in [0.25, 0.3) is 0 Å². The summed E-state index contributed by atoms with van der Waals surface area (Å²) < 4.78 is 0. The lowest BCUT2D eigenvalue weighted by molar-refractivity contribution is 0.0697. The number of carboxylic acids is 1. The van der Waals surface area contributed by atoms with Gasteiger partial charge < -0.3 is 5.11 Å². The van der Waals surface area contributed by atoms with Crippen molar-refractivity contribution in [1.82, 2.24) is 0 Å². The highest BCUT2D eigenvalue weighted by Crippen LogP contribution is 2.53. The van der Waals surface area contributed by atoms with Gasteiger partial charge in [0.25, 0.3) is 0 Å². The zero-order valence-corrected chi connectivity index (χ0v) is 16.6. The lowest BCUT2D eigenvalue weighted by Gasteiger charge is -2.45. The maximum atomic E-state index is 11.0. The summed E-state index contributed by atoms with van der Waals surface area (Å²) in [7, 11) is 0. The molecule has 0 aliphatic heterocycles. The van der Waals surface area contributed by atoms with E-state index < -0.39 is 5.97 Å². The van der Waals surface area contributed by atoms with Crippen molar-refractivity contribution in [3.63, 3.8) is 0 Å². The molecule has 0 bridgehead atoms. The van der Waals surface area contributed by atoms with Gasteiger partial charge >= 0.3 is 5.97 Å². The minimum absolute atomic E-state index is 0.136. The monoisotopic (exact) mass is 356 g/mol. The third kappa shape index (κ3) is 3.57. The lowest BCUT2D eigenvalue weighted by atomic mass is 9.62. The van der Waals surface area contributed by atoms with E-state index in [1.807, 2.05) is 23.9 Å². The smallest absolute Gasteiger partial charge is 0.335 e. The molecule has 0 saturated heterocycles. The second kappa shape index (κ2) is 6.35. The van der Waals surface area contributed by atoms with Crippen LogP contribution in [0, 0.1) is 16.7 Å². The van der Waals surface area contributed by atoms with E-state index in [-0.39, 0.29) is 10.8 Å². The Morgan fingerprint density at radius 1 is 1.00 bits per heavy atom. The summed E-state index contributed by atoms with van der Waals surface area (Å²) in [6.45, 7) is 11.7. The number of rotatable bonds is 3. The zero-order valence-electron chi connectivity index (χ0n) is 15.8. The van der Waals surface area contributed by atoms with E-state index >= 15 is 0 Å². The standard InChI is InChI=1S/C22H28O2S/c1-14-12-17-18(22(4,5)11-10-21(17,2)3)13-19(14)25-16-8-6-15(7-9-16)20(23)24/h6-11,14,19H,12-13H2,1-5H3,(H,23,24). The maximum Gasteiger partial charge on any atom is 0.335 e. The van der Waals surface area contributed by atoms with Crippen LogP contribution in [-0.2, 0) is 0 Å². The molecule has 0 aromatic heterocycles. The predicted octanol–water partition coefficient (Wildman–Crippen LogP) is 6.19. The topological polar surface area (TPSA) is 37.3 Å². The van der Waals surface area contributed by atoms with Gasteiger partial charge in [-0.25, -0.2) is 4.79 Å². The number of thioether (sulfide) groups is 1. The van der Waals surface area contributed by atoms with E-state index in [0.29, 0.717) is 16.7 Å². The van der Waals surface area contributed by atoms with Crippen LogP contribution in [-0.4, -0.2) is 16.3 Å². The normalized spacial score (nSPS) is 27.1. The quantitative estimate of drug-likeness (QED) is 0.656. The van der Waals surface area contributed by atoms with Gasteiger partial charge in [-0.2, -0.15) is 0 Å². The van der Waals surface area contributed by atoms with Crippen LogP contribution >= 0.6 is 11.8 Å². The highest BCUT2D eigenvalue weighted by Gasteiger charge is 2.40. The summed E-state index contributed by atoms with van der Waals surface area (Å²) in [5, 5.41) is 9.59. The van der Waals surface area contributed by atoms with Crippen molar-refractivity contribution in [3.8, 4) is 0 Å². The molecule has 3 rings (SSSR count). The molecule has 0 spiro atoms. The first-order chi connectivity index (χ1) is 11.6. The van der Waals surface area contributed by atoms with Crippen LogP contribution in [0.5, 0.6) is 0 Å². The summed E-state index contributed by atoms with van der Waals surface area (Å²) in [5.74, 6) is -0.250. The number of hydrogen-bond acceptors (Lipinski definition) is 2. The molecule has 1 N–H and O–H groups in total. The van der Waals surface area contributed by atoms with Crippen molar-refractivity contribution in [2.24, 2.45) is 16.7 Å². The van der Waals surface area contributed by atoms with Gasteiger partial charge in [-0.15, -0.1) is 11.8 Å². The van der Waals surface area contributed by atoms with E-state index in [0.717, 1.165) is 17.7 Å². The molecule has 0 fully saturated rings.